The Bertz CT molecular complexity index is 346. The van der Waals surface area contributed by atoms with Gasteiger partial charge in [0.05, 0.1) is 5.75 Å². The quantitative estimate of drug-likeness (QED) is 0.837. The molecular weight excluding hydrogens is 245 g/mol. The van der Waals surface area contributed by atoms with Gasteiger partial charge in [-0.2, -0.15) is 0 Å². The number of rotatable bonds is 4. The lowest BCUT2D eigenvalue weighted by atomic mass is 10.3. The lowest BCUT2D eigenvalue weighted by Gasteiger charge is -2.01. The van der Waals surface area contributed by atoms with Gasteiger partial charge in [-0.05, 0) is 11.6 Å². The second-order valence-electron chi connectivity index (χ2n) is 2.47. The van der Waals surface area contributed by atoms with Crippen LogP contribution in [-0.4, -0.2) is 21.8 Å². The summed E-state index contributed by atoms with van der Waals surface area (Å²) in [6, 6.07) is 3.37. The van der Waals surface area contributed by atoms with Crippen molar-refractivity contribution in [2.45, 2.75) is 5.75 Å². The molecular formula is C8H7Cl2NO2S. The number of hydrogen-bond donors (Lipinski definition) is 1. The number of aliphatic carboxylic acids is 1. The minimum atomic E-state index is -0.840. The van der Waals surface area contributed by atoms with Crippen LogP contribution >= 0.6 is 35.0 Å². The molecule has 0 radical (unpaired) electrons. The maximum Gasteiger partial charge on any atom is 0.313 e. The Morgan fingerprint density at radius 1 is 1.50 bits per heavy atom. The predicted octanol–water partition coefficient (Wildman–Crippen LogP) is 2.71. The molecule has 0 atom stereocenters. The average molecular weight is 252 g/mol. The molecule has 0 fully saturated rings. The zero-order chi connectivity index (χ0) is 10.6. The summed E-state index contributed by atoms with van der Waals surface area (Å²) in [4.78, 5) is 14.1. The molecule has 1 aromatic rings. The number of pyridine rings is 1. The van der Waals surface area contributed by atoms with Crippen molar-refractivity contribution in [3.05, 3.63) is 28.0 Å². The number of carboxylic acid groups (broad SMARTS) is 1. The van der Waals surface area contributed by atoms with Crippen LogP contribution in [0.25, 0.3) is 0 Å². The molecule has 1 rings (SSSR count). The van der Waals surface area contributed by atoms with Crippen molar-refractivity contribution in [3.63, 3.8) is 0 Å². The van der Waals surface area contributed by atoms with Crippen LogP contribution in [0, 0.1) is 0 Å². The maximum absolute atomic E-state index is 10.2. The highest BCUT2D eigenvalue weighted by Gasteiger charge is 2.04. The summed E-state index contributed by atoms with van der Waals surface area (Å²) in [5.41, 5.74) is 0.794. The number of nitrogens with zero attached hydrogens (tertiary/aromatic N) is 1. The lowest BCUT2D eigenvalue weighted by Crippen LogP contribution is -1.98. The van der Waals surface area contributed by atoms with Gasteiger partial charge >= 0.3 is 5.97 Å². The van der Waals surface area contributed by atoms with Gasteiger partial charge in [0.15, 0.2) is 0 Å². The fourth-order valence-corrected chi connectivity index (χ4v) is 2.02. The van der Waals surface area contributed by atoms with Crippen LogP contribution < -0.4 is 0 Å². The molecule has 0 aromatic carbocycles. The van der Waals surface area contributed by atoms with Crippen LogP contribution in [0.4, 0.5) is 0 Å². The molecule has 3 nitrogen and oxygen atoms in total. The molecule has 0 aliphatic carbocycles. The topological polar surface area (TPSA) is 50.2 Å². The molecule has 1 heterocycles. The lowest BCUT2D eigenvalue weighted by molar-refractivity contribution is -0.133. The fraction of sp³-hybridized carbons (Fsp3) is 0.250. The molecule has 0 spiro atoms. The molecule has 0 aliphatic heterocycles. The minimum Gasteiger partial charge on any atom is -0.481 e. The van der Waals surface area contributed by atoms with Crippen LogP contribution in [0.2, 0.25) is 10.3 Å². The van der Waals surface area contributed by atoms with E-state index in [-0.39, 0.29) is 5.75 Å². The number of halogens is 2. The normalized spacial score (nSPS) is 10.1. The molecule has 1 aromatic heterocycles. The molecule has 14 heavy (non-hydrogen) atoms. The SMILES string of the molecule is O=C(O)CSCc1ccc(Cl)nc1Cl. The average Bonchev–Trinajstić information content (AvgIpc) is 2.08. The molecule has 0 aliphatic rings. The zero-order valence-corrected chi connectivity index (χ0v) is 9.36. The first-order valence-electron chi connectivity index (χ1n) is 3.70. The third-order valence-corrected chi connectivity index (χ3v) is 2.88. The molecule has 0 amide bonds. The van der Waals surface area contributed by atoms with Gasteiger partial charge in [-0.25, -0.2) is 4.98 Å². The van der Waals surface area contributed by atoms with Crippen molar-refractivity contribution in [2.24, 2.45) is 0 Å². The Balaban J connectivity index is 2.55. The van der Waals surface area contributed by atoms with E-state index in [1.165, 1.54) is 11.8 Å². The van der Waals surface area contributed by atoms with E-state index in [4.69, 9.17) is 28.3 Å². The zero-order valence-electron chi connectivity index (χ0n) is 7.04. The van der Waals surface area contributed by atoms with Crippen LogP contribution in [0.5, 0.6) is 0 Å². The van der Waals surface area contributed by atoms with Crippen molar-refractivity contribution >= 4 is 40.9 Å². The van der Waals surface area contributed by atoms with Gasteiger partial charge in [-0.1, -0.05) is 29.3 Å². The summed E-state index contributed by atoms with van der Waals surface area (Å²) >= 11 is 12.7. The summed E-state index contributed by atoms with van der Waals surface area (Å²) in [6.07, 6.45) is 0. The molecule has 0 saturated carbocycles. The van der Waals surface area contributed by atoms with Crippen molar-refractivity contribution in [1.29, 1.82) is 0 Å². The van der Waals surface area contributed by atoms with E-state index >= 15 is 0 Å². The summed E-state index contributed by atoms with van der Waals surface area (Å²) < 4.78 is 0. The third-order valence-electron chi connectivity index (χ3n) is 1.38. The third kappa shape index (κ3) is 3.74. The number of aromatic nitrogens is 1. The summed E-state index contributed by atoms with van der Waals surface area (Å²) in [5, 5.41) is 9.08. The van der Waals surface area contributed by atoms with E-state index in [0.29, 0.717) is 16.1 Å². The van der Waals surface area contributed by atoms with Crippen molar-refractivity contribution < 1.29 is 9.90 Å². The van der Waals surface area contributed by atoms with E-state index < -0.39 is 5.97 Å². The second kappa shape index (κ2) is 5.44. The van der Waals surface area contributed by atoms with Crippen LogP contribution in [0.15, 0.2) is 12.1 Å². The number of thioether (sulfide) groups is 1. The Hall–Kier alpha value is -0.450. The van der Waals surface area contributed by atoms with Gasteiger partial charge in [-0.3, -0.25) is 4.79 Å². The van der Waals surface area contributed by atoms with Gasteiger partial charge < -0.3 is 5.11 Å². The van der Waals surface area contributed by atoms with Crippen molar-refractivity contribution in [3.8, 4) is 0 Å². The van der Waals surface area contributed by atoms with E-state index in [1.807, 2.05) is 0 Å². The van der Waals surface area contributed by atoms with Crippen LogP contribution in [0.3, 0.4) is 0 Å². The van der Waals surface area contributed by atoms with Crippen molar-refractivity contribution in [2.75, 3.05) is 5.75 Å². The molecule has 6 heteroatoms. The largest absolute Gasteiger partial charge is 0.481 e. The summed E-state index contributed by atoms with van der Waals surface area (Å²) in [5.74, 6) is -0.262. The van der Waals surface area contributed by atoms with E-state index in [1.54, 1.807) is 12.1 Å². The highest BCUT2D eigenvalue weighted by atomic mass is 35.5. The van der Waals surface area contributed by atoms with Gasteiger partial charge in [-0.15, -0.1) is 11.8 Å². The van der Waals surface area contributed by atoms with Gasteiger partial charge in [0.2, 0.25) is 0 Å². The molecule has 1 N–H and O–H groups in total. The van der Waals surface area contributed by atoms with Crippen LogP contribution in [0.1, 0.15) is 5.56 Å². The standard InChI is InChI=1S/C8H7Cl2NO2S/c9-6-2-1-5(8(10)11-6)3-14-4-7(12)13/h1-2H,3-4H2,(H,12,13). The number of carbonyl (C=O) groups is 1. The molecule has 76 valence electrons. The van der Waals surface area contributed by atoms with Gasteiger partial charge in [0, 0.05) is 5.75 Å². The Labute approximate surface area is 95.4 Å². The Kier molecular flexibility index (Phi) is 4.51. The first-order chi connectivity index (χ1) is 6.59. The first-order valence-corrected chi connectivity index (χ1v) is 5.61. The second-order valence-corrected chi connectivity index (χ2v) is 4.20. The van der Waals surface area contributed by atoms with Crippen LogP contribution in [-0.2, 0) is 10.5 Å². The minimum absolute atomic E-state index is 0.0545. The molecule has 0 unspecified atom stereocenters. The Morgan fingerprint density at radius 3 is 2.79 bits per heavy atom. The molecule has 0 bridgehead atoms. The Morgan fingerprint density at radius 2 is 2.21 bits per heavy atom. The maximum atomic E-state index is 10.2. The smallest absolute Gasteiger partial charge is 0.313 e. The monoisotopic (exact) mass is 251 g/mol. The highest BCUT2D eigenvalue weighted by Crippen LogP contribution is 2.21. The fourth-order valence-electron chi connectivity index (χ4n) is 0.797. The number of carboxylic acids is 1. The van der Waals surface area contributed by atoms with Gasteiger partial charge in [0.25, 0.3) is 0 Å². The van der Waals surface area contributed by atoms with E-state index in [9.17, 15) is 4.79 Å². The van der Waals surface area contributed by atoms with E-state index in [2.05, 4.69) is 4.98 Å². The predicted molar refractivity (Wildman–Crippen MR) is 58.1 cm³/mol. The van der Waals surface area contributed by atoms with Gasteiger partial charge in [0.1, 0.15) is 10.3 Å². The first kappa shape index (κ1) is 11.6. The van der Waals surface area contributed by atoms with Crippen molar-refractivity contribution in [1.82, 2.24) is 4.98 Å². The highest BCUT2D eigenvalue weighted by molar-refractivity contribution is 7.99. The number of hydrogen-bond acceptors (Lipinski definition) is 3. The summed E-state index contributed by atoms with van der Waals surface area (Å²) in [7, 11) is 0. The molecule has 0 saturated heterocycles. The summed E-state index contributed by atoms with van der Waals surface area (Å²) in [6.45, 7) is 0. The van der Waals surface area contributed by atoms with E-state index in [0.717, 1.165) is 5.56 Å².